The fourth-order valence-corrected chi connectivity index (χ4v) is 2.27. The molecule has 0 amide bonds. The summed E-state index contributed by atoms with van der Waals surface area (Å²) in [4.78, 5) is 7.76. The molecule has 0 unspecified atom stereocenters. The molecule has 1 heterocycles. The summed E-state index contributed by atoms with van der Waals surface area (Å²) < 4.78 is 38.8. The lowest BCUT2D eigenvalue weighted by Crippen LogP contribution is -2.13. The van der Waals surface area contributed by atoms with Gasteiger partial charge in [0.25, 0.3) is 0 Å². The zero-order valence-corrected chi connectivity index (χ0v) is 18.2. The van der Waals surface area contributed by atoms with E-state index in [2.05, 4.69) is 41.4 Å². The molecule has 0 saturated carbocycles. The van der Waals surface area contributed by atoms with Gasteiger partial charge in [-0.25, -0.2) is 4.98 Å². The van der Waals surface area contributed by atoms with E-state index in [1.807, 2.05) is 45.0 Å². The number of allylic oxidation sites excluding steroid dienone is 1. The second kappa shape index (κ2) is 10.8. The van der Waals surface area contributed by atoms with E-state index in [1.165, 1.54) is 13.5 Å². The first-order valence-electron chi connectivity index (χ1n) is 9.63. The molecule has 0 aliphatic carbocycles. The molecular formula is C22H31F3N4. The van der Waals surface area contributed by atoms with Gasteiger partial charge in [-0.3, -0.25) is 0 Å². The third kappa shape index (κ3) is 7.40. The first-order valence-corrected chi connectivity index (χ1v) is 9.63. The summed E-state index contributed by atoms with van der Waals surface area (Å²) >= 11 is 0. The minimum absolute atomic E-state index is 0.104. The molecule has 2 rings (SSSR count). The van der Waals surface area contributed by atoms with Crippen molar-refractivity contribution in [2.75, 3.05) is 17.7 Å². The van der Waals surface area contributed by atoms with Crippen molar-refractivity contribution in [1.29, 1.82) is 0 Å². The van der Waals surface area contributed by atoms with Crippen molar-refractivity contribution in [3.8, 4) is 0 Å². The molecule has 0 aliphatic heterocycles. The molecule has 1 aromatic carbocycles. The predicted molar refractivity (Wildman–Crippen MR) is 115 cm³/mol. The first-order chi connectivity index (χ1) is 13.5. The number of rotatable bonds is 5. The van der Waals surface area contributed by atoms with Crippen LogP contribution in [0.4, 0.5) is 24.9 Å². The predicted octanol–water partition coefficient (Wildman–Crippen LogP) is 6.76. The van der Waals surface area contributed by atoms with Crippen molar-refractivity contribution >= 4 is 17.5 Å². The van der Waals surface area contributed by atoms with Crippen molar-refractivity contribution in [2.24, 2.45) is 5.92 Å². The number of nitrogens with zero attached hydrogens (tertiary/aromatic N) is 2. The SMILES string of the molecule is CCC(C)C.CNc1nc(NC(=C(C)C)c2ccccc2C)ncc1C(F)(F)F. The van der Waals surface area contributed by atoms with Crippen LogP contribution in [-0.4, -0.2) is 17.0 Å². The van der Waals surface area contributed by atoms with Crippen LogP contribution >= 0.6 is 0 Å². The van der Waals surface area contributed by atoms with Gasteiger partial charge < -0.3 is 10.6 Å². The minimum Gasteiger partial charge on any atom is -0.372 e. The molecule has 1 aromatic heterocycles. The highest BCUT2D eigenvalue weighted by Crippen LogP contribution is 2.34. The number of nitrogens with one attached hydrogen (secondary N) is 2. The van der Waals surface area contributed by atoms with Gasteiger partial charge in [-0.05, 0) is 32.3 Å². The maximum atomic E-state index is 12.9. The highest BCUT2D eigenvalue weighted by Gasteiger charge is 2.35. The number of hydrogen-bond donors (Lipinski definition) is 2. The molecule has 29 heavy (non-hydrogen) atoms. The summed E-state index contributed by atoms with van der Waals surface area (Å²) in [5, 5.41) is 5.51. The molecule has 0 bridgehead atoms. The van der Waals surface area contributed by atoms with E-state index < -0.39 is 11.7 Å². The van der Waals surface area contributed by atoms with Gasteiger partial charge in [0.05, 0.1) is 0 Å². The van der Waals surface area contributed by atoms with E-state index in [0.29, 0.717) is 0 Å². The van der Waals surface area contributed by atoms with Crippen molar-refractivity contribution < 1.29 is 13.2 Å². The van der Waals surface area contributed by atoms with E-state index in [1.54, 1.807) is 0 Å². The standard InChI is InChI=1S/C17H19F3N4.C5H12/c1-10(2)14(12-8-6-5-7-11(12)3)23-16-22-9-13(17(18,19)20)15(21-4)24-16;1-4-5(2)3/h5-9H,1-4H3,(H2,21,22,23,24);5H,4H2,1-3H3. The summed E-state index contributed by atoms with van der Waals surface area (Å²) in [5.41, 5.74) is 2.84. The van der Waals surface area contributed by atoms with Gasteiger partial charge in [0, 0.05) is 24.5 Å². The average Bonchev–Trinajstić information content (AvgIpc) is 2.66. The number of alkyl halides is 3. The lowest BCUT2D eigenvalue weighted by atomic mass is 10.0. The van der Waals surface area contributed by atoms with E-state index in [0.717, 1.165) is 34.5 Å². The molecule has 2 N–H and O–H groups in total. The van der Waals surface area contributed by atoms with Crippen LogP contribution < -0.4 is 10.6 Å². The second-order valence-electron chi connectivity index (χ2n) is 7.32. The Hall–Kier alpha value is -2.57. The summed E-state index contributed by atoms with van der Waals surface area (Å²) in [6.07, 6.45) is -2.42. The van der Waals surface area contributed by atoms with Crippen LogP contribution in [0.2, 0.25) is 0 Å². The average molecular weight is 409 g/mol. The minimum atomic E-state index is -4.51. The molecule has 0 atom stereocenters. The number of aromatic nitrogens is 2. The Labute approximate surface area is 171 Å². The van der Waals surface area contributed by atoms with Gasteiger partial charge in [-0.2, -0.15) is 18.2 Å². The number of halogens is 3. The third-order valence-corrected chi connectivity index (χ3v) is 4.30. The lowest BCUT2D eigenvalue weighted by Gasteiger charge is -2.16. The monoisotopic (exact) mass is 408 g/mol. The molecule has 0 spiro atoms. The van der Waals surface area contributed by atoms with Gasteiger partial charge in [0.1, 0.15) is 11.4 Å². The number of benzene rings is 1. The Kier molecular flexibility index (Phi) is 9.14. The Morgan fingerprint density at radius 3 is 2.17 bits per heavy atom. The smallest absolute Gasteiger partial charge is 0.372 e. The molecule has 7 heteroatoms. The Morgan fingerprint density at radius 2 is 1.72 bits per heavy atom. The first kappa shape index (κ1) is 24.5. The molecular weight excluding hydrogens is 377 g/mol. The Balaban J connectivity index is 0.000000749. The summed E-state index contributed by atoms with van der Waals surface area (Å²) in [5.74, 6) is 0.722. The van der Waals surface area contributed by atoms with E-state index >= 15 is 0 Å². The third-order valence-electron chi connectivity index (χ3n) is 4.30. The van der Waals surface area contributed by atoms with Crippen LogP contribution in [0.5, 0.6) is 0 Å². The molecule has 0 radical (unpaired) electrons. The van der Waals surface area contributed by atoms with Crippen LogP contribution in [0.1, 0.15) is 57.7 Å². The zero-order chi connectivity index (χ0) is 22.2. The van der Waals surface area contributed by atoms with Gasteiger partial charge in [0.2, 0.25) is 5.95 Å². The normalized spacial score (nSPS) is 10.9. The van der Waals surface area contributed by atoms with E-state index in [-0.39, 0.29) is 11.8 Å². The van der Waals surface area contributed by atoms with Gasteiger partial charge in [-0.1, -0.05) is 57.0 Å². The lowest BCUT2D eigenvalue weighted by molar-refractivity contribution is -0.137. The Morgan fingerprint density at radius 1 is 1.14 bits per heavy atom. The highest BCUT2D eigenvalue weighted by atomic mass is 19.4. The molecule has 0 saturated heterocycles. The van der Waals surface area contributed by atoms with Crippen molar-refractivity contribution in [3.05, 3.63) is 52.7 Å². The van der Waals surface area contributed by atoms with Gasteiger partial charge in [0.15, 0.2) is 0 Å². The summed E-state index contributed by atoms with van der Waals surface area (Å²) in [7, 11) is 1.39. The zero-order valence-electron chi connectivity index (χ0n) is 18.2. The fourth-order valence-electron chi connectivity index (χ4n) is 2.27. The molecule has 160 valence electrons. The van der Waals surface area contributed by atoms with Crippen molar-refractivity contribution in [2.45, 2.75) is 54.1 Å². The topological polar surface area (TPSA) is 49.8 Å². The molecule has 0 aliphatic rings. The van der Waals surface area contributed by atoms with Crippen molar-refractivity contribution in [3.63, 3.8) is 0 Å². The quantitative estimate of drug-likeness (QED) is 0.574. The van der Waals surface area contributed by atoms with E-state index in [4.69, 9.17) is 0 Å². The van der Waals surface area contributed by atoms with Gasteiger partial charge in [-0.15, -0.1) is 0 Å². The fraction of sp³-hybridized carbons (Fsp3) is 0.455. The summed E-state index contributed by atoms with van der Waals surface area (Å²) in [6, 6.07) is 7.73. The largest absolute Gasteiger partial charge is 0.421 e. The van der Waals surface area contributed by atoms with Gasteiger partial charge >= 0.3 is 6.18 Å². The van der Waals surface area contributed by atoms with Crippen LogP contribution in [0, 0.1) is 12.8 Å². The van der Waals surface area contributed by atoms with Crippen LogP contribution in [0.3, 0.4) is 0 Å². The number of anilines is 2. The molecule has 2 aromatic rings. The highest BCUT2D eigenvalue weighted by molar-refractivity contribution is 5.78. The molecule has 0 fully saturated rings. The van der Waals surface area contributed by atoms with Crippen LogP contribution in [-0.2, 0) is 6.18 Å². The van der Waals surface area contributed by atoms with Crippen molar-refractivity contribution in [1.82, 2.24) is 9.97 Å². The van der Waals surface area contributed by atoms with Crippen LogP contribution in [0.25, 0.3) is 5.70 Å². The maximum Gasteiger partial charge on any atom is 0.421 e. The van der Waals surface area contributed by atoms with Crippen LogP contribution in [0.15, 0.2) is 36.0 Å². The number of aryl methyl sites for hydroxylation is 1. The molecule has 4 nitrogen and oxygen atoms in total. The maximum absolute atomic E-state index is 12.9. The summed E-state index contributed by atoms with van der Waals surface area (Å²) in [6.45, 7) is 12.4. The van der Waals surface area contributed by atoms with E-state index in [9.17, 15) is 13.2 Å². The number of hydrogen-bond acceptors (Lipinski definition) is 4. The second-order valence-corrected chi connectivity index (χ2v) is 7.32. The Bertz CT molecular complexity index is 823.